The van der Waals surface area contributed by atoms with Crippen molar-refractivity contribution in [3.8, 4) is 11.5 Å². The fourth-order valence-electron chi connectivity index (χ4n) is 2.22. The smallest absolute Gasteiger partial charge is 0.339 e. The minimum absolute atomic E-state index is 0.247. The number of ether oxygens (including phenoxy) is 1. The first-order valence-electron chi connectivity index (χ1n) is 7.14. The van der Waals surface area contributed by atoms with Crippen molar-refractivity contribution in [2.24, 2.45) is 0 Å². The van der Waals surface area contributed by atoms with Gasteiger partial charge in [0.05, 0.1) is 4.47 Å². The number of phenols is 1. The molecule has 0 bridgehead atoms. The lowest BCUT2D eigenvalue weighted by Crippen LogP contribution is -2.21. The summed E-state index contributed by atoms with van der Waals surface area (Å²) in [6.45, 7) is 3.16. The van der Waals surface area contributed by atoms with Gasteiger partial charge in [-0.05, 0) is 65.2 Å². The van der Waals surface area contributed by atoms with Gasteiger partial charge in [-0.2, -0.15) is 0 Å². The summed E-state index contributed by atoms with van der Waals surface area (Å²) in [6.07, 6.45) is 0. The van der Waals surface area contributed by atoms with Gasteiger partial charge in [-0.25, -0.2) is 4.79 Å². The SMILES string of the molecule is Cc1cc(NC(=O)COc2c(C)cc(Br)cc2Br)cc(C(=O)O)c1O. The average molecular weight is 473 g/mol. The molecule has 0 aromatic heterocycles. The molecular weight excluding hydrogens is 458 g/mol. The number of carbonyl (C=O) groups excluding carboxylic acids is 1. The molecule has 0 radical (unpaired) electrons. The molecule has 25 heavy (non-hydrogen) atoms. The minimum atomic E-state index is -1.28. The largest absolute Gasteiger partial charge is 0.507 e. The first kappa shape index (κ1) is 19.3. The molecule has 0 fully saturated rings. The van der Waals surface area contributed by atoms with E-state index >= 15 is 0 Å². The molecule has 0 aliphatic heterocycles. The van der Waals surface area contributed by atoms with Gasteiger partial charge in [0.25, 0.3) is 5.91 Å². The van der Waals surface area contributed by atoms with E-state index in [0.29, 0.717) is 15.8 Å². The summed E-state index contributed by atoms with van der Waals surface area (Å²) in [4.78, 5) is 23.2. The van der Waals surface area contributed by atoms with Crippen molar-refractivity contribution in [2.75, 3.05) is 11.9 Å². The molecule has 0 aliphatic carbocycles. The summed E-state index contributed by atoms with van der Waals surface area (Å²) in [5.74, 6) is -1.50. The number of aromatic carboxylic acids is 1. The highest BCUT2D eigenvalue weighted by Gasteiger charge is 2.15. The number of benzene rings is 2. The van der Waals surface area contributed by atoms with E-state index in [1.165, 1.54) is 12.1 Å². The molecule has 0 saturated heterocycles. The summed E-state index contributed by atoms with van der Waals surface area (Å²) in [6, 6.07) is 6.35. The monoisotopic (exact) mass is 471 g/mol. The molecule has 0 unspecified atom stereocenters. The average Bonchev–Trinajstić information content (AvgIpc) is 2.49. The molecular formula is C17H15Br2NO5. The molecule has 0 atom stereocenters. The Morgan fingerprint density at radius 3 is 2.40 bits per heavy atom. The second-order valence-corrected chi connectivity index (χ2v) is 7.13. The number of rotatable bonds is 5. The summed E-state index contributed by atoms with van der Waals surface area (Å²) >= 11 is 6.75. The number of carboxylic acid groups (broad SMARTS) is 1. The molecule has 0 heterocycles. The van der Waals surface area contributed by atoms with Crippen molar-refractivity contribution in [3.05, 3.63) is 49.9 Å². The van der Waals surface area contributed by atoms with Crippen LogP contribution in [-0.2, 0) is 4.79 Å². The van der Waals surface area contributed by atoms with Gasteiger partial charge in [0, 0.05) is 10.2 Å². The van der Waals surface area contributed by atoms with E-state index in [1.807, 2.05) is 19.1 Å². The van der Waals surface area contributed by atoms with Crippen molar-refractivity contribution >= 4 is 49.4 Å². The molecule has 6 nitrogen and oxygen atoms in total. The molecule has 1 amide bonds. The number of amides is 1. The maximum Gasteiger partial charge on any atom is 0.339 e. The number of aryl methyl sites for hydroxylation is 2. The number of hydrogen-bond donors (Lipinski definition) is 3. The van der Waals surface area contributed by atoms with Crippen molar-refractivity contribution in [2.45, 2.75) is 13.8 Å². The van der Waals surface area contributed by atoms with Crippen LogP contribution in [0.3, 0.4) is 0 Å². The van der Waals surface area contributed by atoms with Crippen LogP contribution in [0.25, 0.3) is 0 Å². The van der Waals surface area contributed by atoms with Crippen LogP contribution in [0.5, 0.6) is 11.5 Å². The van der Waals surface area contributed by atoms with Crippen LogP contribution >= 0.6 is 31.9 Å². The van der Waals surface area contributed by atoms with Crippen LogP contribution in [0.2, 0.25) is 0 Å². The Bertz CT molecular complexity index is 828. The highest BCUT2D eigenvalue weighted by atomic mass is 79.9. The maximum absolute atomic E-state index is 12.1. The third-order valence-electron chi connectivity index (χ3n) is 3.36. The Hall–Kier alpha value is -2.06. The van der Waals surface area contributed by atoms with Crippen molar-refractivity contribution in [1.29, 1.82) is 0 Å². The molecule has 8 heteroatoms. The fourth-order valence-corrected chi connectivity index (χ4v) is 3.77. The Labute approximate surface area is 161 Å². The highest BCUT2D eigenvalue weighted by molar-refractivity contribution is 9.11. The first-order chi connectivity index (χ1) is 11.7. The predicted molar refractivity (Wildman–Crippen MR) is 101 cm³/mol. The fraction of sp³-hybridized carbons (Fsp3) is 0.176. The third-order valence-corrected chi connectivity index (χ3v) is 4.40. The number of hydrogen-bond acceptors (Lipinski definition) is 4. The van der Waals surface area contributed by atoms with E-state index in [1.54, 1.807) is 6.92 Å². The molecule has 3 N–H and O–H groups in total. The maximum atomic E-state index is 12.1. The second-order valence-electron chi connectivity index (χ2n) is 5.36. The summed E-state index contributed by atoms with van der Waals surface area (Å²) in [7, 11) is 0. The van der Waals surface area contributed by atoms with Gasteiger partial charge in [0.2, 0.25) is 0 Å². The second kappa shape index (κ2) is 7.88. The topological polar surface area (TPSA) is 95.9 Å². The molecule has 2 aromatic carbocycles. The predicted octanol–water partition coefficient (Wildman–Crippen LogP) is 4.25. The van der Waals surface area contributed by atoms with E-state index in [0.717, 1.165) is 10.0 Å². The van der Waals surface area contributed by atoms with Gasteiger partial charge in [0.15, 0.2) is 6.61 Å². The normalized spacial score (nSPS) is 10.4. The minimum Gasteiger partial charge on any atom is -0.507 e. The molecule has 0 spiro atoms. The van der Waals surface area contributed by atoms with Gasteiger partial charge in [0.1, 0.15) is 17.1 Å². The lowest BCUT2D eigenvalue weighted by Gasteiger charge is -2.13. The van der Waals surface area contributed by atoms with E-state index in [2.05, 4.69) is 37.2 Å². The zero-order valence-corrected chi connectivity index (χ0v) is 16.6. The molecule has 0 aliphatic rings. The Kier molecular flexibility index (Phi) is 6.07. The third kappa shape index (κ3) is 4.73. The van der Waals surface area contributed by atoms with E-state index in [9.17, 15) is 14.7 Å². The zero-order valence-electron chi connectivity index (χ0n) is 13.4. The summed E-state index contributed by atoms with van der Waals surface area (Å²) < 4.78 is 7.14. The lowest BCUT2D eigenvalue weighted by molar-refractivity contribution is -0.118. The first-order valence-corrected chi connectivity index (χ1v) is 8.73. The number of halogens is 2. The van der Waals surface area contributed by atoms with Gasteiger partial charge in [-0.3, -0.25) is 4.79 Å². The zero-order chi connectivity index (χ0) is 18.7. The Balaban J connectivity index is 2.10. The number of nitrogens with one attached hydrogen (secondary N) is 1. The van der Waals surface area contributed by atoms with Crippen LogP contribution in [0.1, 0.15) is 21.5 Å². The molecule has 2 aromatic rings. The lowest BCUT2D eigenvalue weighted by atomic mass is 10.1. The van der Waals surface area contributed by atoms with Gasteiger partial charge in [-0.15, -0.1) is 0 Å². The Morgan fingerprint density at radius 1 is 1.12 bits per heavy atom. The summed E-state index contributed by atoms with van der Waals surface area (Å²) in [5, 5.41) is 21.4. The van der Waals surface area contributed by atoms with E-state index in [4.69, 9.17) is 9.84 Å². The van der Waals surface area contributed by atoms with E-state index < -0.39 is 11.9 Å². The Morgan fingerprint density at radius 2 is 1.80 bits per heavy atom. The highest BCUT2D eigenvalue weighted by Crippen LogP contribution is 2.32. The van der Waals surface area contributed by atoms with Crippen molar-refractivity contribution in [1.82, 2.24) is 0 Å². The molecule has 132 valence electrons. The number of carbonyl (C=O) groups is 2. The van der Waals surface area contributed by atoms with Gasteiger partial charge >= 0.3 is 5.97 Å². The van der Waals surface area contributed by atoms with Crippen LogP contribution in [-0.4, -0.2) is 28.7 Å². The van der Waals surface area contributed by atoms with Crippen LogP contribution < -0.4 is 10.1 Å². The van der Waals surface area contributed by atoms with Crippen LogP contribution in [0.15, 0.2) is 33.2 Å². The number of carboxylic acids is 1. The molecule has 2 rings (SSSR count). The van der Waals surface area contributed by atoms with Crippen LogP contribution in [0, 0.1) is 13.8 Å². The van der Waals surface area contributed by atoms with Crippen molar-refractivity contribution in [3.63, 3.8) is 0 Å². The number of aromatic hydroxyl groups is 1. The van der Waals surface area contributed by atoms with Crippen molar-refractivity contribution < 1.29 is 24.5 Å². The van der Waals surface area contributed by atoms with Gasteiger partial charge in [-0.1, -0.05) is 15.9 Å². The van der Waals surface area contributed by atoms with Gasteiger partial charge < -0.3 is 20.3 Å². The summed E-state index contributed by atoms with van der Waals surface area (Å²) in [5.41, 5.74) is 1.20. The van der Waals surface area contributed by atoms with Crippen LogP contribution in [0.4, 0.5) is 5.69 Å². The van der Waals surface area contributed by atoms with E-state index in [-0.39, 0.29) is 23.6 Å². The quantitative estimate of drug-likeness (QED) is 0.565. The standard InChI is InChI=1S/C17H15Br2NO5/c1-8-4-11(6-12(15(8)22)17(23)24)20-14(21)7-25-16-9(2)3-10(18)5-13(16)19/h3-6,22H,7H2,1-2H3,(H,20,21)(H,23,24). The molecule has 0 saturated carbocycles. The number of anilines is 1.